The second-order valence-corrected chi connectivity index (χ2v) is 16.2. The molecule has 1 aliphatic carbocycles. The molecule has 12 rings (SSSR count). The summed E-state index contributed by atoms with van der Waals surface area (Å²) in [5.41, 5.74) is 13.5. The van der Waals surface area contributed by atoms with Crippen LogP contribution in [0.4, 0.5) is 0 Å². The van der Waals surface area contributed by atoms with Crippen LogP contribution in [0.3, 0.4) is 0 Å². The molecule has 0 saturated carbocycles. The van der Waals surface area contributed by atoms with Gasteiger partial charge in [0.05, 0.1) is 17.0 Å². The number of hydrogen-bond donors (Lipinski definition) is 0. The fraction of sp³-hybridized carbons (Fsp3) is 0.0169. The molecule has 0 radical (unpaired) electrons. The summed E-state index contributed by atoms with van der Waals surface area (Å²) in [6.07, 6.45) is 0. The zero-order valence-corrected chi connectivity index (χ0v) is 34.9. The molecule has 2 aliphatic rings. The van der Waals surface area contributed by atoms with E-state index in [0.717, 1.165) is 50.1 Å². The third-order valence-electron chi connectivity index (χ3n) is 12.5. The number of nitrogens with zero attached hydrogens (tertiary/aromatic N) is 4. The van der Waals surface area contributed by atoms with Crippen molar-refractivity contribution in [3.05, 3.63) is 246 Å². The van der Waals surface area contributed by atoms with Crippen LogP contribution in [-0.2, 0) is 5.41 Å². The van der Waals surface area contributed by atoms with Crippen LogP contribution in [0, 0.1) is 11.3 Å². The number of rotatable bonds is 7. The second kappa shape index (κ2) is 15.5. The van der Waals surface area contributed by atoms with Crippen molar-refractivity contribution < 1.29 is 9.47 Å². The van der Waals surface area contributed by atoms with E-state index >= 15 is 0 Å². The highest BCUT2D eigenvalue weighted by atomic mass is 16.6. The van der Waals surface area contributed by atoms with Gasteiger partial charge in [0.15, 0.2) is 40.5 Å². The maximum Gasteiger partial charge on any atom is 0.177 e. The Bertz CT molecular complexity index is 3450. The third-order valence-corrected chi connectivity index (χ3v) is 12.5. The predicted octanol–water partition coefficient (Wildman–Crippen LogP) is 14.3. The maximum atomic E-state index is 9.53. The topological polar surface area (TPSA) is 80.9 Å². The molecule has 2 heterocycles. The van der Waals surface area contributed by atoms with Crippen molar-refractivity contribution in [2.75, 3.05) is 0 Å². The molecular formula is C59H36N4O2. The van der Waals surface area contributed by atoms with Crippen LogP contribution in [0.15, 0.2) is 218 Å². The average Bonchev–Trinajstić information content (AvgIpc) is 3.67. The van der Waals surface area contributed by atoms with Crippen LogP contribution in [0.1, 0.15) is 27.8 Å². The van der Waals surface area contributed by atoms with Crippen LogP contribution in [0.25, 0.3) is 67.5 Å². The molecule has 0 amide bonds. The van der Waals surface area contributed by atoms with Gasteiger partial charge in [0, 0.05) is 22.3 Å². The number of benzene rings is 9. The summed E-state index contributed by atoms with van der Waals surface area (Å²) in [6, 6.07) is 76.7. The molecule has 9 aromatic carbocycles. The van der Waals surface area contributed by atoms with Gasteiger partial charge in [-0.15, -0.1) is 0 Å². The van der Waals surface area contributed by atoms with Gasteiger partial charge in [-0.2, -0.15) is 5.26 Å². The summed E-state index contributed by atoms with van der Waals surface area (Å²) in [4.78, 5) is 15.0. The van der Waals surface area contributed by atoms with Crippen LogP contribution < -0.4 is 9.47 Å². The smallest absolute Gasteiger partial charge is 0.177 e. The van der Waals surface area contributed by atoms with Crippen molar-refractivity contribution in [2.45, 2.75) is 5.41 Å². The fourth-order valence-corrected chi connectivity index (χ4v) is 9.52. The Morgan fingerprint density at radius 2 is 0.877 bits per heavy atom. The molecule has 304 valence electrons. The Kier molecular flexibility index (Phi) is 8.99. The lowest BCUT2D eigenvalue weighted by molar-refractivity contribution is 0.360. The Morgan fingerprint density at radius 1 is 0.354 bits per heavy atom. The molecule has 0 unspecified atom stereocenters. The molecule has 6 nitrogen and oxygen atoms in total. The molecule has 65 heavy (non-hydrogen) atoms. The summed E-state index contributed by atoms with van der Waals surface area (Å²) < 4.78 is 13.7. The summed E-state index contributed by atoms with van der Waals surface area (Å²) in [6.45, 7) is 0. The van der Waals surface area contributed by atoms with Crippen molar-refractivity contribution in [2.24, 2.45) is 0 Å². The fourth-order valence-electron chi connectivity index (χ4n) is 9.52. The summed E-state index contributed by atoms with van der Waals surface area (Å²) >= 11 is 0. The predicted molar refractivity (Wildman–Crippen MR) is 256 cm³/mol. The highest BCUT2D eigenvalue weighted by Gasteiger charge is 2.47. The lowest BCUT2D eigenvalue weighted by atomic mass is 9.67. The first kappa shape index (κ1) is 37.8. The minimum Gasteiger partial charge on any atom is -0.449 e. The first-order chi connectivity index (χ1) is 32.1. The monoisotopic (exact) mass is 832 g/mol. The summed E-state index contributed by atoms with van der Waals surface area (Å²) in [5.74, 6) is 4.33. The number of aromatic nitrogens is 3. The molecule has 0 fully saturated rings. The molecule has 0 N–H and O–H groups in total. The number of para-hydroxylation sites is 1. The third kappa shape index (κ3) is 6.37. The molecule has 0 atom stereocenters. The van der Waals surface area contributed by atoms with Crippen molar-refractivity contribution in [1.82, 2.24) is 15.0 Å². The van der Waals surface area contributed by atoms with Gasteiger partial charge in [-0.3, -0.25) is 0 Å². The quantitative estimate of drug-likeness (QED) is 0.159. The molecule has 1 aliphatic heterocycles. The molecule has 10 aromatic rings. The lowest BCUT2D eigenvalue weighted by Crippen LogP contribution is -2.28. The number of nitriles is 1. The Hall–Kier alpha value is -8.92. The van der Waals surface area contributed by atoms with E-state index in [-0.39, 0.29) is 0 Å². The van der Waals surface area contributed by atoms with Gasteiger partial charge in [0.25, 0.3) is 0 Å². The number of hydrogen-bond acceptors (Lipinski definition) is 6. The van der Waals surface area contributed by atoms with Crippen LogP contribution in [-0.4, -0.2) is 15.0 Å². The van der Waals surface area contributed by atoms with Crippen LogP contribution in [0.2, 0.25) is 0 Å². The molecule has 0 bridgehead atoms. The van der Waals surface area contributed by atoms with E-state index in [2.05, 4.69) is 127 Å². The van der Waals surface area contributed by atoms with E-state index in [1.165, 1.54) is 22.3 Å². The van der Waals surface area contributed by atoms with Gasteiger partial charge >= 0.3 is 0 Å². The second-order valence-electron chi connectivity index (χ2n) is 16.2. The Morgan fingerprint density at radius 3 is 1.58 bits per heavy atom. The largest absolute Gasteiger partial charge is 0.449 e. The first-order valence-electron chi connectivity index (χ1n) is 21.6. The SMILES string of the molecule is N#Cc1cccc(-c2cccc(-c3nc(-c4ccccc4)nc(-c4ccc(-c5cccc6c5Oc5cc7c(cc5O6)C(c5ccccc5)(c5ccccc5)c5ccccc5-7)cc4)n3)c2)c1. The van der Waals surface area contributed by atoms with Crippen LogP contribution >= 0.6 is 0 Å². The van der Waals surface area contributed by atoms with E-state index in [9.17, 15) is 5.26 Å². The van der Waals surface area contributed by atoms with Gasteiger partial charge in [-0.05, 0) is 86.5 Å². The Labute approximate surface area is 376 Å². The highest BCUT2D eigenvalue weighted by Crippen LogP contribution is 2.60. The summed E-state index contributed by atoms with van der Waals surface area (Å²) in [7, 11) is 0. The van der Waals surface area contributed by atoms with Crippen LogP contribution in [0.5, 0.6) is 23.0 Å². The van der Waals surface area contributed by atoms with E-state index in [1.807, 2.05) is 91.0 Å². The molecule has 1 aromatic heterocycles. The van der Waals surface area contributed by atoms with E-state index in [0.29, 0.717) is 46.0 Å². The molecule has 0 spiro atoms. The maximum absolute atomic E-state index is 9.53. The summed E-state index contributed by atoms with van der Waals surface area (Å²) in [5, 5.41) is 9.53. The van der Waals surface area contributed by atoms with Gasteiger partial charge in [-0.1, -0.05) is 182 Å². The van der Waals surface area contributed by atoms with E-state index in [4.69, 9.17) is 24.4 Å². The highest BCUT2D eigenvalue weighted by molar-refractivity contribution is 5.89. The molecular weight excluding hydrogens is 797 g/mol. The lowest BCUT2D eigenvalue weighted by Gasteiger charge is -2.34. The number of ether oxygens (including phenoxy) is 2. The molecule has 0 saturated heterocycles. The zero-order valence-electron chi connectivity index (χ0n) is 34.9. The van der Waals surface area contributed by atoms with Gasteiger partial charge in [0.1, 0.15) is 0 Å². The van der Waals surface area contributed by atoms with E-state index in [1.54, 1.807) is 6.07 Å². The van der Waals surface area contributed by atoms with Gasteiger partial charge < -0.3 is 9.47 Å². The normalized spacial score (nSPS) is 12.7. The Balaban J connectivity index is 0.915. The van der Waals surface area contributed by atoms with Gasteiger partial charge in [0.2, 0.25) is 0 Å². The zero-order chi connectivity index (χ0) is 43.3. The van der Waals surface area contributed by atoms with Gasteiger partial charge in [-0.25, -0.2) is 15.0 Å². The number of fused-ring (bicyclic) bond motifs is 5. The van der Waals surface area contributed by atoms with Crippen molar-refractivity contribution in [3.8, 4) is 96.6 Å². The van der Waals surface area contributed by atoms with Crippen molar-refractivity contribution in [1.29, 1.82) is 5.26 Å². The van der Waals surface area contributed by atoms with Crippen molar-refractivity contribution >= 4 is 0 Å². The molecule has 6 heteroatoms. The van der Waals surface area contributed by atoms with Crippen molar-refractivity contribution in [3.63, 3.8) is 0 Å². The minimum atomic E-state index is -0.548. The average molecular weight is 833 g/mol. The first-order valence-corrected chi connectivity index (χ1v) is 21.6. The van der Waals surface area contributed by atoms with E-state index < -0.39 is 5.41 Å². The minimum absolute atomic E-state index is 0.548. The standard InChI is InChI=1S/C59H36N4O2/c60-37-38-15-12-18-42(33-38)43-19-13-20-44(34-43)58-62-56(40-16-4-1-5-17-40)61-57(63-58)41-31-29-39(30-32-41)47-26-14-28-52-55(47)65-53-35-49-48-25-10-11-27-50(48)59(45-21-6-2-7-22-45,46-23-8-3-9-24-46)51(49)36-54(53)64-52/h1-36H.